The first-order valence-corrected chi connectivity index (χ1v) is 12.7. The van der Waals surface area contributed by atoms with Crippen molar-refractivity contribution in [2.75, 3.05) is 19.8 Å². The Labute approximate surface area is 224 Å². The molecule has 0 atom stereocenters. The third kappa shape index (κ3) is 7.63. The summed E-state index contributed by atoms with van der Waals surface area (Å²) < 4.78 is 23.6. The molecule has 3 aromatic carbocycles. The van der Waals surface area contributed by atoms with Crippen LogP contribution in [0.3, 0.4) is 0 Å². The Bertz CT molecular complexity index is 1200. The Kier molecular flexibility index (Phi) is 10.5. The molecule has 1 N–H and O–H groups in total. The highest BCUT2D eigenvalue weighted by molar-refractivity contribution is 9.10. The van der Waals surface area contributed by atoms with Crippen LogP contribution in [-0.4, -0.2) is 31.9 Å². The molecule has 0 radical (unpaired) electrons. The molecular formula is C27H28BrClN2O5. The van der Waals surface area contributed by atoms with Crippen LogP contribution >= 0.6 is 27.5 Å². The number of hydrazone groups is 1. The number of carbonyl (C=O) groups is 1. The van der Waals surface area contributed by atoms with Crippen molar-refractivity contribution < 1.29 is 23.7 Å². The number of rotatable bonds is 12. The molecule has 0 bridgehead atoms. The smallest absolute Gasteiger partial charge is 0.271 e. The average molecular weight is 576 g/mol. The van der Waals surface area contributed by atoms with Crippen molar-refractivity contribution in [3.8, 4) is 23.0 Å². The third-order valence-corrected chi connectivity index (χ3v) is 5.65. The van der Waals surface area contributed by atoms with Gasteiger partial charge in [-0.05, 0) is 90.3 Å². The van der Waals surface area contributed by atoms with Crippen molar-refractivity contribution in [2.24, 2.45) is 5.10 Å². The molecule has 190 valence electrons. The summed E-state index contributed by atoms with van der Waals surface area (Å²) in [4.78, 5) is 12.6. The van der Waals surface area contributed by atoms with Crippen LogP contribution in [0.1, 0.15) is 42.3 Å². The molecule has 7 nitrogen and oxygen atoms in total. The summed E-state index contributed by atoms with van der Waals surface area (Å²) in [5.74, 6) is 1.86. The molecule has 3 aromatic rings. The minimum absolute atomic E-state index is 0.352. The highest BCUT2D eigenvalue weighted by atomic mass is 79.9. The van der Waals surface area contributed by atoms with Gasteiger partial charge in [-0.15, -0.1) is 0 Å². The van der Waals surface area contributed by atoms with E-state index < -0.39 is 0 Å². The van der Waals surface area contributed by atoms with Crippen LogP contribution in [0.2, 0.25) is 5.02 Å². The fourth-order valence-corrected chi connectivity index (χ4v) is 3.92. The van der Waals surface area contributed by atoms with Crippen molar-refractivity contribution in [3.63, 3.8) is 0 Å². The second-order valence-electron chi connectivity index (χ2n) is 7.40. The predicted octanol–water partition coefficient (Wildman–Crippen LogP) is 6.64. The van der Waals surface area contributed by atoms with Crippen molar-refractivity contribution in [2.45, 2.75) is 27.4 Å². The van der Waals surface area contributed by atoms with Gasteiger partial charge in [-0.25, -0.2) is 5.43 Å². The summed E-state index contributed by atoms with van der Waals surface area (Å²) in [6.07, 6.45) is 1.53. The maximum atomic E-state index is 12.6. The number of hydrogen-bond donors (Lipinski definition) is 1. The number of halogens is 2. The number of amides is 1. The van der Waals surface area contributed by atoms with Gasteiger partial charge in [-0.1, -0.05) is 23.7 Å². The van der Waals surface area contributed by atoms with Gasteiger partial charge < -0.3 is 18.9 Å². The monoisotopic (exact) mass is 574 g/mol. The van der Waals surface area contributed by atoms with Gasteiger partial charge in [0.15, 0.2) is 23.0 Å². The number of hydrogen-bond acceptors (Lipinski definition) is 6. The number of carbonyl (C=O) groups excluding carboxylic acids is 1. The van der Waals surface area contributed by atoms with Crippen LogP contribution in [0.5, 0.6) is 23.0 Å². The maximum Gasteiger partial charge on any atom is 0.271 e. The van der Waals surface area contributed by atoms with Gasteiger partial charge in [0.1, 0.15) is 6.61 Å². The highest BCUT2D eigenvalue weighted by Gasteiger charge is 2.13. The molecule has 0 unspecified atom stereocenters. The van der Waals surface area contributed by atoms with Crippen LogP contribution in [-0.2, 0) is 6.61 Å². The molecule has 9 heteroatoms. The lowest BCUT2D eigenvalue weighted by atomic mass is 10.2. The van der Waals surface area contributed by atoms with E-state index in [1.807, 2.05) is 51.1 Å². The molecule has 0 aliphatic carbocycles. The molecule has 0 fully saturated rings. The first-order chi connectivity index (χ1) is 17.4. The lowest BCUT2D eigenvalue weighted by Gasteiger charge is -2.15. The standard InChI is InChI=1S/C27H28BrClN2O5/c1-4-33-23-12-9-20(15-24(23)34-5-2)27(32)31-30-16-19-13-22(28)26(25(14-19)35-6-3)36-17-18-7-10-21(29)11-8-18/h7-16H,4-6,17H2,1-3H3,(H,31,32)/b30-16+. The van der Waals surface area contributed by atoms with E-state index in [1.54, 1.807) is 24.3 Å². The van der Waals surface area contributed by atoms with E-state index in [9.17, 15) is 4.79 Å². The zero-order valence-corrected chi connectivity index (χ0v) is 22.7. The summed E-state index contributed by atoms with van der Waals surface area (Å²) in [7, 11) is 0. The molecule has 0 aromatic heterocycles. The molecule has 0 aliphatic heterocycles. The number of nitrogens with one attached hydrogen (secondary N) is 1. The molecule has 1 amide bonds. The number of benzene rings is 3. The second kappa shape index (κ2) is 13.8. The third-order valence-electron chi connectivity index (χ3n) is 4.81. The molecule has 0 heterocycles. The lowest BCUT2D eigenvalue weighted by molar-refractivity contribution is 0.0954. The predicted molar refractivity (Wildman–Crippen MR) is 145 cm³/mol. The zero-order chi connectivity index (χ0) is 25.9. The van der Waals surface area contributed by atoms with Crippen molar-refractivity contribution >= 4 is 39.7 Å². The summed E-state index contributed by atoms with van der Waals surface area (Å²) in [5.41, 5.74) is 4.63. The molecule has 3 rings (SSSR count). The van der Waals surface area contributed by atoms with Gasteiger partial charge in [0.25, 0.3) is 5.91 Å². The number of ether oxygens (including phenoxy) is 4. The summed E-state index contributed by atoms with van der Waals surface area (Å²) in [5, 5.41) is 4.77. The molecule has 36 heavy (non-hydrogen) atoms. The largest absolute Gasteiger partial charge is 0.490 e. The van der Waals surface area contributed by atoms with Gasteiger partial charge in [-0.2, -0.15) is 5.10 Å². The van der Waals surface area contributed by atoms with Gasteiger partial charge in [0.05, 0.1) is 30.5 Å². The fourth-order valence-electron chi connectivity index (χ4n) is 3.22. The quantitative estimate of drug-likeness (QED) is 0.193. The van der Waals surface area contributed by atoms with Crippen LogP contribution in [0.15, 0.2) is 64.2 Å². The Morgan fingerprint density at radius 3 is 2.25 bits per heavy atom. The zero-order valence-electron chi connectivity index (χ0n) is 20.3. The van der Waals surface area contributed by atoms with E-state index in [0.29, 0.717) is 70.0 Å². The van der Waals surface area contributed by atoms with E-state index >= 15 is 0 Å². The minimum Gasteiger partial charge on any atom is -0.490 e. The van der Waals surface area contributed by atoms with E-state index in [4.69, 9.17) is 30.5 Å². The van der Waals surface area contributed by atoms with Crippen LogP contribution < -0.4 is 24.4 Å². The van der Waals surface area contributed by atoms with Crippen molar-refractivity contribution in [3.05, 3.63) is 80.8 Å². The lowest BCUT2D eigenvalue weighted by Crippen LogP contribution is -2.17. The Morgan fingerprint density at radius 1 is 0.889 bits per heavy atom. The number of nitrogens with zero attached hydrogens (tertiary/aromatic N) is 1. The van der Waals surface area contributed by atoms with Crippen molar-refractivity contribution in [1.82, 2.24) is 5.43 Å². The second-order valence-corrected chi connectivity index (χ2v) is 8.70. The Balaban J connectivity index is 1.71. The average Bonchev–Trinajstić information content (AvgIpc) is 2.86. The SMILES string of the molecule is CCOc1ccc(C(=O)N/N=C/c2cc(Br)c(OCc3ccc(Cl)cc3)c(OCC)c2)cc1OCC. The van der Waals surface area contributed by atoms with Crippen LogP contribution in [0, 0.1) is 0 Å². The Morgan fingerprint density at radius 2 is 1.56 bits per heavy atom. The molecular weight excluding hydrogens is 548 g/mol. The normalized spacial score (nSPS) is 10.8. The van der Waals surface area contributed by atoms with Gasteiger partial charge in [-0.3, -0.25) is 4.79 Å². The van der Waals surface area contributed by atoms with E-state index in [2.05, 4.69) is 26.5 Å². The summed E-state index contributed by atoms with van der Waals surface area (Å²) in [6.45, 7) is 7.42. The molecule has 0 saturated heterocycles. The molecule has 0 aliphatic rings. The summed E-state index contributed by atoms with van der Waals surface area (Å²) >= 11 is 9.51. The van der Waals surface area contributed by atoms with E-state index in [1.165, 1.54) is 6.21 Å². The molecule has 0 saturated carbocycles. The van der Waals surface area contributed by atoms with Crippen LogP contribution in [0.25, 0.3) is 0 Å². The Hall–Kier alpha value is -3.23. The van der Waals surface area contributed by atoms with Gasteiger partial charge in [0.2, 0.25) is 0 Å². The van der Waals surface area contributed by atoms with E-state index in [-0.39, 0.29) is 5.91 Å². The fraction of sp³-hybridized carbons (Fsp3) is 0.259. The van der Waals surface area contributed by atoms with Gasteiger partial charge >= 0.3 is 0 Å². The maximum absolute atomic E-state index is 12.6. The summed E-state index contributed by atoms with van der Waals surface area (Å²) in [6, 6.07) is 16.1. The molecule has 0 spiro atoms. The highest BCUT2D eigenvalue weighted by Crippen LogP contribution is 2.37. The first-order valence-electron chi connectivity index (χ1n) is 11.5. The van der Waals surface area contributed by atoms with Gasteiger partial charge in [0, 0.05) is 10.6 Å². The first kappa shape index (κ1) is 27.4. The van der Waals surface area contributed by atoms with Crippen LogP contribution in [0.4, 0.5) is 0 Å². The topological polar surface area (TPSA) is 78.4 Å². The minimum atomic E-state index is -0.373. The van der Waals surface area contributed by atoms with Crippen molar-refractivity contribution in [1.29, 1.82) is 0 Å². The van der Waals surface area contributed by atoms with E-state index in [0.717, 1.165) is 5.56 Å².